The zero-order chi connectivity index (χ0) is 28.1. The van der Waals surface area contributed by atoms with Gasteiger partial charge < -0.3 is 10.8 Å². The van der Waals surface area contributed by atoms with Crippen molar-refractivity contribution in [1.29, 1.82) is 0 Å². The molecule has 3 aromatic rings. The van der Waals surface area contributed by atoms with Crippen LogP contribution in [-0.2, 0) is 21.1 Å². The molecule has 10 nitrogen and oxygen atoms in total. The normalized spacial score (nSPS) is 11.5. The van der Waals surface area contributed by atoms with Crippen molar-refractivity contribution in [3.8, 4) is 16.9 Å². The number of alkyl halides is 3. The van der Waals surface area contributed by atoms with Crippen molar-refractivity contribution in [2.45, 2.75) is 24.4 Å². The molecule has 0 amide bonds. The summed E-state index contributed by atoms with van der Waals surface area (Å²) in [5, 5.41) is 13.2. The Morgan fingerprint density at radius 1 is 1.19 bits per heavy atom. The van der Waals surface area contributed by atoms with E-state index in [1.165, 1.54) is 18.3 Å². The Kier molecular flexibility index (Phi) is 9.05. The van der Waals surface area contributed by atoms with Crippen LogP contribution in [0.15, 0.2) is 57.9 Å². The molecule has 1 aromatic carbocycles. The summed E-state index contributed by atoms with van der Waals surface area (Å²) in [6.45, 7) is 1.41. The third-order valence-corrected chi connectivity index (χ3v) is 5.88. The molecule has 0 bridgehead atoms. The van der Waals surface area contributed by atoms with Crippen LogP contribution in [-0.4, -0.2) is 58.2 Å². The minimum Gasteiger partial charge on any atom is -0.475 e. The number of H-pyrrole nitrogens is 1. The summed E-state index contributed by atoms with van der Waals surface area (Å²) in [6.07, 6.45) is -4.72. The Balaban J connectivity index is 0.000000604. The van der Waals surface area contributed by atoms with Gasteiger partial charge in [0.05, 0.1) is 22.5 Å². The highest BCUT2D eigenvalue weighted by Gasteiger charge is 2.38. The Bertz CT molecular complexity index is 1470. The number of rotatable bonds is 6. The van der Waals surface area contributed by atoms with Crippen molar-refractivity contribution in [2.75, 3.05) is 12.8 Å². The van der Waals surface area contributed by atoms with Crippen LogP contribution in [0.4, 0.5) is 22.0 Å². The molecule has 37 heavy (non-hydrogen) atoms. The Morgan fingerprint density at radius 2 is 1.76 bits per heavy atom. The molecule has 0 saturated carbocycles. The SMILES string of the molecule is Cc1cc(-n2c(CC(CN)=C(F)F)n[nH]c2=O)cnc1-c1ccc(S(C)(=O)=O)cc1.O=C(O)C(F)(F)F. The third kappa shape index (κ3) is 7.53. The number of hydrogen-bond acceptors (Lipinski definition) is 7. The molecular formula is C21H20F5N5O5S. The van der Waals surface area contributed by atoms with Crippen LogP contribution >= 0.6 is 0 Å². The fraction of sp³-hybridized carbons (Fsp3) is 0.238. The first kappa shape index (κ1) is 29.3. The quantitative estimate of drug-likeness (QED) is 0.396. The Morgan fingerprint density at radius 3 is 2.19 bits per heavy atom. The van der Waals surface area contributed by atoms with E-state index >= 15 is 0 Å². The molecule has 4 N–H and O–H groups in total. The van der Waals surface area contributed by atoms with Gasteiger partial charge in [-0.1, -0.05) is 12.1 Å². The zero-order valence-electron chi connectivity index (χ0n) is 19.2. The Labute approximate surface area is 206 Å². The van der Waals surface area contributed by atoms with Crippen LogP contribution in [0.25, 0.3) is 16.9 Å². The average molecular weight is 549 g/mol. The number of halogens is 5. The monoisotopic (exact) mass is 549 g/mol. The van der Waals surface area contributed by atoms with Gasteiger partial charge in [0.2, 0.25) is 0 Å². The van der Waals surface area contributed by atoms with Crippen LogP contribution in [0, 0.1) is 6.92 Å². The van der Waals surface area contributed by atoms with E-state index < -0.39 is 33.8 Å². The number of benzene rings is 1. The number of pyridine rings is 1. The molecule has 2 aromatic heterocycles. The van der Waals surface area contributed by atoms with Crippen molar-refractivity contribution in [1.82, 2.24) is 19.7 Å². The topological polar surface area (TPSA) is 161 Å². The predicted molar refractivity (Wildman–Crippen MR) is 121 cm³/mol. The molecule has 0 unspecified atom stereocenters. The summed E-state index contributed by atoms with van der Waals surface area (Å²) < 4.78 is 82.0. The first-order valence-electron chi connectivity index (χ1n) is 10.0. The van der Waals surface area contributed by atoms with Crippen molar-refractivity contribution >= 4 is 15.8 Å². The van der Waals surface area contributed by atoms with Crippen LogP contribution in [0.1, 0.15) is 11.4 Å². The molecule has 16 heteroatoms. The van der Waals surface area contributed by atoms with Gasteiger partial charge >= 0.3 is 17.8 Å². The molecule has 0 fully saturated rings. The maximum atomic E-state index is 13.0. The lowest BCUT2D eigenvalue weighted by molar-refractivity contribution is -0.192. The van der Waals surface area contributed by atoms with E-state index in [0.717, 1.165) is 10.8 Å². The van der Waals surface area contributed by atoms with Crippen molar-refractivity contribution in [2.24, 2.45) is 5.73 Å². The summed E-state index contributed by atoms with van der Waals surface area (Å²) >= 11 is 0. The number of aryl methyl sites for hydroxylation is 1. The van der Waals surface area contributed by atoms with Gasteiger partial charge in [0, 0.05) is 30.4 Å². The number of hydrogen-bond donors (Lipinski definition) is 3. The van der Waals surface area contributed by atoms with E-state index in [-0.39, 0.29) is 29.3 Å². The third-order valence-electron chi connectivity index (χ3n) is 4.75. The fourth-order valence-corrected chi connectivity index (χ4v) is 3.60. The number of nitrogens with zero attached hydrogens (tertiary/aromatic N) is 3. The molecule has 2 heterocycles. The number of carbonyl (C=O) groups is 1. The van der Waals surface area contributed by atoms with Crippen LogP contribution in [0.3, 0.4) is 0 Å². The first-order valence-corrected chi connectivity index (χ1v) is 11.9. The molecule has 0 aliphatic heterocycles. The molecule has 0 atom stereocenters. The summed E-state index contributed by atoms with van der Waals surface area (Å²) in [5.74, 6) is -2.67. The lowest BCUT2D eigenvalue weighted by Gasteiger charge is -2.11. The van der Waals surface area contributed by atoms with E-state index in [4.69, 9.17) is 15.6 Å². The van der Waals surface area contributed by atoms with Crippen molar-refractivity contribution in [3.05, 3.63) is 70.1 Å². The molecule has 200 valence electrons. The van der Waals surface area contributed by atoms with Gasteiger partial charge in [-0.2, -0.15) is 27.1 Å². The Hall–Kier alpha value is -3.92. The number of nitrogens with two attached hydrogens (primary N) is 1. The smallest absolute Gasteiger partial charge is 0.475 e. The molecule has 3 rings (SSSR count). The molecule has 0 saturated heterocycles. The number of aromatic nitrogens is 4. The standard InChI is InChI=1S/C19H19F2N5O3S.C2HF3O2/c1-11-7-14(26-16(24-25-19(26)27)8-13(9-22)18(20)21)10-23-17(11)12-3-5-15(6-4-12)30(2,28)29;3-2(4,5)1(6)7/h3-7,10H,8-9,22H2,1-2H3,(H,25,27);(H,6,7). The van der Waals surface area contributed by atoms with Crippen molar-refractivity contribution in [3.63, 3.8) is 0 Å². The van der Waals surface area contributed by atoms with Crippen LogP contribution in [0.2, 0.25) is 0 Å². The number of aliphatic carboxylic acids is 1. The number of carboxylic acid groups (broad SMARTS) is 1. The summed E-state index contributed by atoms with van der Waals surface area (Å²) in [4.78, 5) is 25.7. The van der Waals surface area contributed by atoms with Gasteiger partial charge in [0.15, 0.2) is 9.84 Å². The lowest BCUT2D eigenvalue weighted by atomic mass is 10.1. The van der Waals surface area contributed by atoms with Gasteiger partial charge in [0.25, 0.3) is 6.08 Å². The highest BCUT2D eigenvalue weighted by Crippen LogP contribution is 2.24. The highest BCUT2D eigenvalue weighted by molar-refractivity contribution is 7.90. The molecule has 0 aliphatic rings. The van der Waals surface area contributed by atoms with Gasteiger partial charge in [-0.3, -0.25) is 4.98 Å². The summed E-state index contributed by atoms with van der Waals surface area (Å²) in [7, 11) is -3.31. The van der Waals surface area contributed by atoms with Gasteiger partial charge in [-0.15, -0.1) is 0 Å². The number of nitrogens with one attached hydrogen (secondary N) is 1. The second kappa shape index (κ2) is 11.4. The molecule has 0 aliphatic carbocycles. The minimum absolute atomic E-state index is 0.0831. The number of sulfone groups is 1. The van der Waals surface area contributed by atoms with Crippen LogP contribution < -0.4 is 11.4 Å². The molecular weight excluding hydrogens is 529 g/mol. The maximum Gasteiger partial charge on any atom is 0.490 e. The zero-order valence-corrected chi connectivity index (χ0v) is 20.0. The van der Waals surface area contributed by atoms with E-state index in [1.807, 2.05) is 0 Å². The molecule has 0 spiro atoms. The highest BCUT2D eigenvalue weighted by atomic mass is 32.2. The van der Waals surface area contributed by atoms with E-state index in [1.54, 1.807) is 25.1 Å². The number of aromatic amines is 1. The average Bonchev–Trinajstić information content (AvgIpc) is 3.16. The predicted octanol–water partition coefficient (Wildman–Crippen LogP) is 2.62. The van der Waals surface area contributed by atoms with Gasteiger partial charge in [-0.05, 0) is 30.7 Å². The fourth-order valence-electron chi connectivity index (χ4n) is 2.97. The van der Waals surface area contributed by atoms with Gasteiger partial charge in [0.1, 0.15) is 5.82 Å². The summed E-state index contributed by atoms with van der Waals surface area (Å²) in [6, 6.07) is 7.94. The van der Waals surface area contributed by atoms with Crippen LogP contribution in [0.5, 0.6) is 0 Å². The lowest BCUT2D eigenvalue weighted by Crippen LogP contribution is -2.21. The second-order valence-electron chi connectivity index (χ2n) is 7.48. The van der Waals surface area contributed by atoms with Gasteiger partial charge in [-0.25, -0.2) is 27.7 Å². The number of carboxylic acids is 1. The van der Waals surface area contributed by atoms with E-state index in [2.05, 4.69) is 15.2 Å². The van der Waals surface area contributed by atoms with E-state index in [9.17, 15) is 35.2 Å². The maximum absolute atomic E-state index is 13.0. The largest absolute Gasteiger partial charge is 0.490 e. The summed E-state index contributed by atoms with van der Waals surface area (Å²) in [5.41, 5.74) is 6.78. The first-order chi connectivity index (χ1) is 17.1. The second-order valence-corrected chi connectivity index (χ2v) is 9.50. The van der Waals surface area contributed by atoms with Crippen molar-refractivity contribution < 1.29 is 40.3 Å². The minimum atomic E-state index is -5.08. The van der Waals surface area contributed by atoms with E-state index in [0.29, 0.717) is 22.5 Å². The molecule has 0 radical (unpaired) electrons.